The second-order valence-corrected chi connectivity index (χ2v) is 5.63. The van der Waals surface area contributed by atoms with Crippen molar-refractivity contribution in [2.24, 2.45) is 0 Å². The van der Waals surface area contributed by atoms with E-state index in [4.69, 9.17) is 0 Å². The minimum atomic E-state index is -4.37. The highest BCUT2D eigenvalue weighted by Gasteiger charge is 2.46. The summed E-state index contributed by atoms with van der Waals surface area (Å²) in [6, 6.07) is 5.10. The Hall–Kier alpha value is -1.56. The zero-order valence-corrected chi connectivity index (χ0v) is 11.7. The molecule has 6 heteroatoms. The molecule has 1 aliphatic carbocycles. The van der Waals surface area contributed by atoms with Crippen molar-refractivity contribution in [3.05, 3.63) is 35.4 Å². The van der Waals surface area contributed by atoms with Crippen molar-refractivity contribution in [3.63, 3.8) is 0 Å². The highest BCUT2D eigenvalue weighted by Crippen LogP contribution is 2.39. The van der Waals surface area contributed by atoms with Gasteiger partial charge in [0.2, 0.25) is 5.91 Å². The van der Waals surface area contributed by atoms with Gasteiger partial charge >= 0.3 is 6.18 Å². The average Bonchev–Trinajstić information content (AvgIpc) is 3.22. The molecule has 0 spiro atoms. The lowest BCUT2D eigenvalue weighted by Crippen LogP contribution is -2.33. The lowest BCUT2D eigenvalue weighted by atomic mass is 10.1. The number of hydrogen-bond donors (Lipinski definition) is 1. The number of hydrogen-bond acceptors (Lipinski definition) is 2. The van der Waals surface area contributed by atoms with Crippen LogP contribution in [-0.2, 0) is 11.0 Å². The van der Waals surface area contributed by atoms with Crippen LogP contribution in [0, 0.1) is 0 Å². The Labute approximate surface area is 121 Å². The van der Waals surface area contributed by atoms with Crippen molar-refractivity contribution >= 4 is 5.91 Å². The molecule has 0 aromatic heterocycles. The number of benzene rings is 1. The quantitative estimate of drug-likeness (QED) is 0.930. The van der Waals surface area contributed by atoms with Crippen LogP contribution in [0.1, 0.15) is 43.5 Å². The van der Waals surface area contributed by atoms with Gasteiger partial charge in [-0.05, 0) is 37.0 Å². The summed E-state index contributed by atoms with van der Waals surface area (Å²) in [6.07, 6.45) is -2.32. The van der Waals surface area contributed by atoms with Crippen LogP contribution in [0.25, 0.3) is 0 Å². The second-order valence-electron chi connectivity index (χ2n) is 5.63. The van der Waals surface area contributed by atoms with E-state index in [2.05, 4.69) is 5.32 Å². The molecule has 1 saturated carbocycles. The van der Waals surface area contributed by atoms with Crippen LogP contribution >= 0.6 is 0 Å². The molecule has 0 radical (unpaired) electrons. The molecule has 0 bridgehead atoms. The number of nitrogens with one attached hydrogen (secondary N) is 1. The summed E-state index contributed by atoms with van der Waals surface area (Å²) in [5.41, 5.74) is -0.175. The molecule has 1 saturated heterocycles. The molecular formula is C15H17F3N2O. The van der Waals surface area contributed by atoms with Crippen molar-refractivity contribution in [2.75, 3.05) is 0 Å². The first-order valence-electron chi connectivity index (χ1n) is 7.17. The van der Waals surface area contributed by atoms with Crippen LogP contribution in [0.15, 0.2) is 24.3 Å². The summed E-state index contributed by atoms with van der Waals surface area (Å²) in [5.74, 6) is 0.00223. The van der Waals surface area contributed by atoms with Crippen LogP contribution < -0.4 is 5.32 Å². The summed E-state index contributed by atoms with van der Waals surface area (Å²) in [6.45, 7) is 1.90. The molecule has 2 aliphatic rings. The number of amides is 1. The van der Waals surface area contributed by atoms with E-state index >= 15 is 0 Å². The predicted molar refractivity (Wildman–Crippen MR) is 71.3 cm³/mol. The van der Waals surface area contributed by atoms with Crippen molar-refractivity contribution < 1.29 is 18.0 Å². The molecule has 3 rings (SSSR count). The molecule has 1 aliphatic heterocycles. The minimum Gasteiger partial charge on any atom is -0.319 e. The SMILES string of the molecule is CCC1NC(c2cccc(C(F)(F)F)c2)N(C2CC2)C1=O. The van der Waals surface area contributed by atoms with E-state index < -0.39 is 17.9 Å². The Morgan fingerprint density at radius 3 is 2.62 bits per heavy atom. The van der Waals surface area contributed by atoms with E-state index in [1.807, 2.05) is 6.92 Å². The van der Waals surface area contributed by atoms with E-state index in [-0.39, 0.29) is 18.0 Å². The first kappa shape index (κ1) is 14.4. The molecule has 1 amide bonds. The smallest absolute Gasteiger partial charge is 0.319 e. The van der Waals surface area contributed by atoms with Gasteiger partial charge in [0, 0.05) is 6.04 Å². The minimum absolute atomic E-state index is 0.00223. The summed E-state index contributed by atoms with van der Waals surface area (Å²) in [4.78, 5) is 14.1. The van der Waals surface area contributed by atoms with Gasteiger partial charge in [0.15, 0.2) is 0 Å². The lowest BCUT2D eigenvalue weighted by molar-refractivity contribution is -0.137. The van der Waals surface area contributed by atoms with Crippen molar-refractivity contribution in [2.45, 2.75) is 50.6 Å². The normalized spacial score (nSPS) is 26.5. The van der Waals surface area contributed by atoms with E-state index in [1.54, 1.807) is 11.0 Å². The largest absolute Gasteiger partial charge is 0.416 e. The second kappa shape index (κ2) is 5.02. The zero-order valence-electron chi connectivity index (χ0n) is 11.7. The van der Waals surface area contributed by atoms with Gasteiger partial charge in [0.05, 0.1) is 11.6 Å². The van der Waals surface area contributed by atoms with Gasteiger partial charge < -0.3 is 4.90 Å². The van der Waals surface area contributed by atoms with Gasteiger partial charge in [-0.25, -0.2) is 0 Å². The number of nitrogens with zero attached hydrogens (tertiary/aromatic N) is 1. The molecule has 2 atom stereocenters. The van der Waals surface area contributed by atoms with Crippen molar-refractivity contribution in [1.82, 2.24) is 10.2 Å². The Morgan fingerprint density at radius 1 is 1.33 bits per heavy atom. The monoisotopic (exact) mass is 298 g/mol. The number of carbonyl (C=O) groups excluding carboxylic acids is 1. The molecule has 21 heavy (non-hydrogen) atoms. The number of alkyl halides is 3. The standard InChI is InChI=1S/C15H17F3N2O/c1-2-12-14(21)20(11-6-7-11)13(19-12)9-4-3-5-10(8-9)15(16,17)18/h3-5,8,11-13,19H,2,6-7H2,1H3. The number of halogens is 3. The lowest BCUT2D eigenvalue weighted by Gasteiger charge is -2.25. The van der Waals surface area contributed by atoms with Crippen LogP contribution in [0.2, 0.25) is 0 Å². The van der Waals surface area contributed by atoms with Crippen LogP contribution in [-0.4, -0.2) is 22.9 Å². The first-order chi connectivity index (χ1) is 9.91. The van der Waals surface area contributed by atoms with Gasteiger partial charge in [0.1, 0.15) is 6.17 Å². The van der Waals surface area contributed by atoms with Crippen molar-refractivity contribution in [1.29, 1.82) is 0 Å². The van der Waals surface area contributed by atoms with E-state index in [1.165, 1.54) is 6.07 Å². The predicted octanol–water partition coefficient (Wildman–Crippen LogP) is 3.08. The highest BCUT2D eigenvalue weighted by molar-refractivity contribution is 5.85. The van der Waals surface area contributed by atoms with Crippen LogP contribution in [0.3, 0.4) is 0 Å². The topological polar surface area (TPSA) is 32.3 Å². The Balaban J connectivity index is 1.93. The van der Waals surface area contributed by atoms with Gasteiger partial charge in [-0.2, -0.15) is 13.2 Å². The van der Waals surface area contributed by atoms with Crippen molar-refractivity contribution in [3.8, 4) is 0 Å². The van der Waals surface area contributed by atoms with E-state index in [0.717, 1.165) is 25.0 Å². The number of rotatable bonds is 3. The van der Waals surface area contributed by atoms with Crippen LogP contribution in [0.5, 0.6) is 0 Å². The Bertz CT molecular complexity index is 554. The highest BCUT2D eigenvalue weighted by atomic mass is 19.4. The summed E-state index contributed by atoms with van der Waals surface area (Å²) in [7, 11) is 0. The maximum absolute atomic E-state index is 12.8. The van der Waals surface area contributed by atoms with E-state index in [9.17, 15) is 18.0 Å². The summed E-state index contributed by atoms with van der Waals surface area (Å²) >= 11 is 0. The molecule has 1 N–H and O–H groups in total. The molecule has 114 valence electrons. The molecular weight excluding hydrogens is 281 g/mol. The Morgan fingerprint density at radius 2 is 2.05 bits per heavy atom. The van der Waals surface area contributed by atoms with Gasteiger partial charge in [-0.1, -0.05) is 19.1 Å². The Kier molecular flexibility index (Phi) is 3.43. The zero-order chi connectivity index (χ0) is 15.2. The van der Waals surface area contributed by atoms with Gasteiger partial charge in [-0.15, -0.1) is 0 Å². The maximum atomic E-state index is 12.8. The summed E-state index contributed by atoms with van der Waals surface area (Å²) in [5, 5.41) is 3.17. The average molecular weight is 298 g/mol. The molecule has 2 fully saturated rings. The maximum Gasteiger partial charge on any atom is 0.416 e. The molecule has 3 nitrogen and oxygen atoms in total. The molecule has 1 aromatic carbocycles. The fourth-order valence-electron chi connectivity index (χ4n) is 2.83. The third-order valence-electron chi connectivity index (χ3n) is 4.07. The molecule has 1 aromatic rings. The third kappa shape index (κ3) is 2.64. The van der Waals surface area contributed by atoms with Gasteiger partial charge in [-0.3, -0.25) is 10.1 Å². The fourth-order valence-corrected chi connectivity index (χ4v) is 2.83. The first-order valence-corrected chi connectivity index (χ1v) is 7.17. The number of carbonyl (C=O) groups is 1. The van der Waals surface area contributed by atoms with E-state index in [0.29, 0.717) is 12.0 Å². The summed E-state index contributed by atoms with van der Waals surface area (Å²) < 4.78 is 38.5. The van der Waals surface area contributed by atoms with Gasteiger partial charge in [0.25, 0.3) is 0 Å². The molecule has 2 unspecified atom stereocenters. The fraction of sp³-hybridized carbons (Fsp3) is 0.533. The third-order valence-corrected chi connectivity index (χ3v) is 4.07. The molecule has 1 heterocycles. The van der Waals surface area contributed by atoms with Crippen LogP contribution in [0.4, 0.5) is 13.2 Å².